The van der Waals surface area contributed by atoms with Gasteiger partial charge in [-0.1, -0.05) is 0 Å². The minimum absolute atomic E-state index is 0.0563. The first kappa shape index (κ1) is 15.1. The highest BCUT2D eigenvalue weighted by molar-refractivity contribution is 7.89. The average Bonchev–Trinajstić information content (AvgIpc) is 2.85. The summed E-state index contributed by atoms with van der Waals surface area (Å²) >= 11 is 0. The summed E-state index contributed by atoms with van der Waals surface area (Å²) in [7, 11) is -3.60. The van der Waals surface area contributed by atoms with E-state index in [0.29, 0.717) is 19.1 Å². The number of sulfonamides is 1. The zero-order valence-corrected chi connectivity index (χ0v) is 12.5. The van der Waals surface area contributed by atoms with Crippen LogP contribution < -0.4 is 10.0 Å². The van der Waals surface area contributed by atoms with Gasteiger partial charge in [0.2, 0.25) is 16.0 Å². The van der Waals surface area contributed by atoms with Crippen molar-refractivity contribution >= 4 is 16.0 Å². The Morgan fingerprint density at radius 3 is 2.65 bits per heavy atom. The summed E-state index contributed by atoms with van der Waals surface area (Å²) in [6.45, 7) is 5.44. The molecule has 0 aliphatic carbocycles. The summed E-state index contributed by atoms with van der Waals surface area (Å²) in [5, 5.41) is 2.91. The second-order valence-corrected chi connectivity index (χ2v) is 6.77. The van der Waals surface area contributed by atoms with E-state index >= 15 is 0 Å². The molecule has 7 nitrogen and oxygen atoms in total. The van der Waals surface area contributed by atoms with Gasteiger partial charge in [-0.3, -0.25) is 0 Å². The normalized spacial score (nSPS) is 22.9. The van der Waals surface area contributed by atoms with E-state index in [9.17, 15) is 8.42 Å². The maximum atomic E-state index is 12.1. The van der Waals surface area contributed by atoms with Gasteiger partial charge >= 0.3 is 0 Å². The van der Waals surface area contributed by atoms with Crippen LogP contribution in [0.15, 0.2) is 17.3 Å². The largest absolute Gasteiger partial charge is 0.374 e. The monoisotopic (exact) mass is 300 g/mol. The first-order valence-electron chi connectivity index (χ1n) is 6.65. The fourth-order valence-corrected chi connectivity index (χ4v) is 3.06. The molecule has 1 saturated heterocycles. The molecule has 1 aromatic heterocycles. The highest BCUT2D eigenvalue weighted by Gasteiger charge is 2.31. The number of hydrogen-bond donors (Lipinski definition) is 2. The molecule has 2 heterocycles. The van der Waals surface area contributed by atoms with Crippen LogP contribution in [0.25, 0.3) is 0 Å². The number of aromatic nitrogens is 2. The Kier molecular flexibility index (Phi) is 4.56. The maximum Gasteiger partial charge on any atom is 0.243 e. The minimum atomic E-state index is -3.60. The van der Waals surface area contributed by atoms with E-state index in [-0.39, 0.29) is 11.4 Å². The zero-order chi connectivity index (χ0) is 14.6. The summed E-state index contributed by atoms with van der Waals surface area (Å²) in [5.74, 6) is 0.414. The first-order chi connectivity index (χ1) is 9.45. The van der Waals surface area contributed by atoms with Gasteiger partial charge in [0.15, 0.2) is 0 Å². The van der Waals surface area contributed by atoms with Gasteiger partial charge in [0.05, 0.1) is 18.0 Å². The number of rotatable bonds is 6. The number of anilines is 1. The van der Waals surface area contributed by atoms with Gasteiger partial charge in [0, 0.05) is 19.7 Å². The van der Waals surface area contributed by atoms with Crippen molar-refractivity contribution in [2.24, 2.45) is 0 Å². The molecule has 0 aromatic carbocycles. The highest BCUT2D eigenvalue weighted by atomic mass is 32.2. The fourth-order valence-electron chi connectivity index (χ4n) is 2.01. The lowest BCUT2D eigenvalue weighted by atomic mass is 10.0. The van der Waals surface area contributed by atoms with Gasteiger partial charge in [-0.15, -0.1) is 0 Å². The van der Waals surface area contributed by atoms with Gasteiger partial charge in [-0.05, 0) is 26.7 Å². The van der Waals surface area contributed by atoms with Crippen molar-refractivity contribution in [2.75, 3.05) is 25.0 Å². The molecule has 0 spiro atoms. The Morgan fingerprint density at radius 1 is 1.40 bits per heavy atom. The van der Waals surface area contributed by atoms with E-state index < -0.39 is 15.6 Å². The van der Waals surface area contributed by atoms with Crippen LogP contribution in [0.3, 0.4) is 0 Å². The summed E-state index contributed by atoms with van der Waals surface area (Å²) in [4.78, 5) is 7.97. The summed E-state index contributed by atoms with van der Waals surface area (Å²) in [5.41, 5.74) is -0.419. The molecule has 0 amide bonds. The SMILES string of the molecule is CCNc1ncc(S(=O)(=O)NCC2(C)CCCO2)cn1. The zero-order valence-electron chi connectivity index (χ0n) is 11.7. The van der Waals surface area contributed by atoms with E-state index in [0.717, 1.165) is 12.8 Å². The molecule has 8 heteroatoms. The Morgan fingerprint density at radius 2 is 2.10 bits per heavy atom. The smallest absolute Gasteiger partial charge is 0.243 e. The lowest BCUT2D eigenvalue weighted by Gasteiger charge is -2.23. The molecule has 0 radical (unpaired) electrons. The third-order valence-corrected chi connectivity index (χ3v) is 4.57. The summed E-state index contributed by atoms with van der Waals surface area (Å²) in [6, 6.07) is 0. The van der Waals surface area contributed by atoms with Crippen molar-refractivity contribution in [3.05, 3.63) is 12.4 Å². The van der Waals surface area contributed by atoms with Crippen LogP contribution in [0, 0.1) is 0 Å². The van der Waals surface area contributed by atoms with Gasteiger partial charge < -0.3 is 10.1 Å². The second-order valence-electron chi connectivity index (χ2n) is 5.00. The molecule has 1 fully saturated rings. The topological polar surface area (TPSA) is 93.2 Å². The predicted molar refractivity (Wildman–Crippen MR) is 75.0 cm³/mol. The van der Waals surface area contributed by atoms with E-state index in [4.69, 9.17) is 4.74 Å². The average molecular weight is 300 g/mol. The number of hydrogen-bond acceptors (Lipinski definition) is 6. The molecule has 2 rings (SSSR count). The lowest BCUT2D eigenvalue weighted by Crippen LogP contribution is -2.40. The molecule has 112 valence electrons. The third kappa shape index (κ3) is 3.65. The van der Waals surface area contributed by atoms with Crippen LogP contribution in [0.2, 0.25) is 0 Å². The lowest BCUT2D eigenvalue weighted by molar-refractivity contribution is 0.0250. The summed E-state index contributed by atoms with van der Waals surface area (Å²) < 4.78 is 32.4. The molecular formula is C12H20N4O3S. The Hall–Kier alpha value is -1.25. The van der Waals surface area contributed by atoms with Crippen LogP contribution in [0.5, 0.6) is 0 Å². The van der Waals surface area contributed by atoms with Gasteiger partial charge in [-0.25, -0.2) is 23.1 Å². The van der Waals surface area contributed by atoms with Crippen molar-refractivity contribution in [2.45, 2.75) is 37.2 Å². The molecule has 20 heavy (non-hydrogen) atoms. The Balaban J connectivity index is 2.02. The first-order valence-corrected chi connectivity index (χ1v) is 8.13. The molecule has 0 saturated carbocycles. The quantitative estimate of drug-likeness (QED) is 0.805. The minimum Gasteiger partial charge on any atom is -0.374 e. The number of nitrogens with one attached hydrogen (secondary N) is 2. The Labute approximate surface area is 119 Å². The molecule has 1 aliphatic heterocycles. The molecule has 1 aromatic rings. The second kappa shape index (κ2) is 6.02. The third-order valence-electron chi connectivity index (χ3n) is 3.21. The molecule has 1 aliphatic rings. The van der Waals surface area contributed by atoms with Gasteiger partial charge in [0.1, 0.15) is 4.90 Å². The van der Waals surface area contributed by atoms with E-state index in [1.54, 1.807) is 0 Å². The van der Waals surface area contributed by atoms with Crippen molar-refractivity contribution in [3.8, 4) is 0 Å². The fraction of sp³-hybridized carbons (Fsp3) is 0.667. The van der Waals surface area contributed by atoms with Crippen LogP contribution in [0.1, 0.15) is 26.7 Å². The van der Waals surface area contributed by atoms with Gasteiger partial charge in [-0.2, -0.15) is 0 Å². The molecule has 1 atom stereocenters. The van der Waals surface area contributed by atoms with Crippen molar-refractivity contribution in [1.29, 1.82) is 0 Å². The highest BCUT2D eigenvalue weighted by Crippen LogP contribution is 2.24. The van der Waals surface area contributed by atoms with Crippen molar-refractivity contribution < 1.29 is 13.2 Å². The maximum absolute atomic E-state index is 12.1. The van der Waals surface area contributed by atoms with E-state index in [1.165, 1.54) is 12.4 Å². The van der Waals surface area contributed by atoms with E-state index in [1.807, 2.05) is 13.8 Å². The summed E-state index contributed by atoms with van der Waals surface area (Å²) in [6.07, 6.45) is 4.40. The van der Waals surface area contributed by atoms with E-state index in [2.05, 4.69) is 20.0 Å². The molecular weight excluding hydrogens is 280 g/mol. The predicted octanol–water partition coefficient (Wildman–Crippen LogP) is 0.756. The number of nitrogens with zero attached hydrogens (tertiary/aromatic N) is 2. The molecule has 1 unspecified atom stereocenters. The standard InChI is InChI=1S/C12H20N4O3S/c1-3-13-11-14-7-10(8-15-11)20(17,18)16-9-12(2)5-4-6-19-12/h7-8,16H,3-6,9H2,1-2H3,(H,13,14,15). The van der Waals surface area contributed by atoms with Crippen molar-refractivity contribution in [3.63, 3.8) is 0 Å². The van der Waals surface area contributed by atoms with Crippen LogP contribution >= 0.6 is 0 Å². The Bertz CT molecular complexity index is 538. The van der Waals surface area contributed by atoms with Gasteiger partial charge in [0.25, 0.3) is 0 Å². The molecule has 0 bridgehead atoms. The van der Waals surface area contributed by atoms with Crippen LogP contribution in [-0.2, 0) is 14.8 Å². The van der Waals surface area contributed by atoms with Crippen molar-refractivity contribution in [1.82, 2.24) is 14.7 Å². The number of ether oxygens (including phenoxy) is 1. The molecule has 2 N–H and O–H groups in total. The van der Waals surface area contributed by atoms with Crippen LogP contribution in [0.4, 0.5) is 5.95 Å². The van der Waals surface area contributed by atoms with Crippen LogP contribution in [-0.4, -0.2) is 43.7 Å².